The SMILES string of the molecule is CC.O=C(NO)c1ccc(CN2CCC3(CCCCC3)C2)c(F)c1.[CH3-].[Cs+]. The molecule has 0 unspecified atom stereocenters. The number of nitrogens with zero attached hydrogens (tertiary/aromatic N) is 1. The molecule has 26 heavy (non-hydrogen) atoms. The minimum Gasteiger partial charge on any atom is -0.358 e. The third kappa shape index (κ3) is 6.88. The van der Waals surface area contributed by atoms with E-state index in [9.17, 15) is 9.18 Å². The molecule has 2 aliphatic rings. The predicted octanol–water partition coefficient (Wildman–Crippen LogP) is 1.58. The van der Waals surface area contributed by atoms with E-state index in [1.807, 2.05) is 13.8 Å². The second-order valence-corrected chi connectivity index (χ2v) is 6.77. The normalized spacial score (nSPS) is 18.2. The summed E-state index contributed by atoms with van der Waals surface area (Å²) in [4.78, 5) is 13.6. The number of carbonyl (C=O) groups is 1. The van der Waals surface area contributed by atoms with Gasteiger partial charge in [0.15, 0.2) is 0 Å². The number of rotatable bonds is 3. The fourth-order valence-corrected chi connectivity index (χ4v) is 3.99. The number of halogens is 1. The van der Waals surface area contributed by atoms with Crippen molar-refractivity contribution in [2.45, 2.75) is 58.9 Å². The first-order valence-corrected chi connectivity index (χ1v) is 9.07. The van der Waals surface area contributed by atoms with Gasteiger partial charge in [0.25, 0.3) is 5.91 Å². The second-order valence-electron chi connectivity index (χ2n) is 6.77. The Morgan fingerprint density at radius 2 is 1.88 bits per heavy atom. The van der Waals surface area contributed by atoms with E-state index in [2.05, 4.69) is 4.90 Å². The van der Waals surface area contributed by atoms with Crippen LogP contribution >= 0.6 is 0 Å². The molecule has 0 bridgehead atoms. The first kappa shape index (κ1) is 26.6. The smallest absolute Gasteiger partial charge is 0.358 e. The molecule has 1 amide bonds. The quantitative estimate of drug-likeness (QED) is 0.389. The molecule has 1 heterocycles. The van der Waals surface area contributed by atoms with Gasteiger partial charge >= 0.3 is 68.9 Å². The molecule has 1 aromatic rings. The Kier molecular flexibility index (Phi) is 13.2. The minimum absolute atomic E-state index is 0. The number of nitrogens with one attached hydrogen (secondary N) is 1. The number of hydrogen-bond donors (Lipinski definition) is 2. The van der Waals surface area contributed by atoms with E-state index in [4.69, 9.17) is 5.21 Å². The van der Waals surface area contributed by atoms with Crippen molar-refractivity contribution in [1.29, 1.82) is 0 Å². The number of benzene rings is 1. The van der Waals surface area contributed by atoms with Crippen LogP contribution in [0.1, 0.15) is 68.3 Å². The van der Waals surface area contributed by atoms with Crippen LogP contribution in [0.3, 0.4) is 0 Å². The molecule has 2 fully saturated rings. The van der Waals surface area contributed by atoms with Crippen LogP contribution in [-0.4, -0.2) is 29.1 Å². The zero-order valence-electron chi connectivity index (χ0n) is 16.8. The van der Waals surface area contributed by atoms with Gasteiger partial charge in [-0.2, -0.15) is 0 Å². The third-order valence-electron chi connectivity index (χ3n) is 5.24. The van der Waals surface area contributed by atoms with Crippen molar-refractivity contribution in [3.63, 3.8) is 0 Å². The van der Waals surface area contributed by atoms with Crippen LogP contribution in [0.25, 0.3) is 0 Å². The van der Waals surface area contributed by atoms with Crippen LogP contribution in [-0.2, 0) is 6.54 Å². The van der Waals surface area contributed by atoms with Crippen molar-refractivity contribution in [1.82, 2.24) is 10.4 Å². The van der Waals surface area contributed by atoms with Gasteiger partial charge in [-0.3, -0.25) is 14.9 Å². The Bertz CT molecular complexity index is 563. The number of carbonyl (C=O) groups excluding carboxylic acids is 1. The summed E-state index contributed by atoms with van der Waals surface area (Å²) in [6.07, 6.45) is 7.84. The maximum atomic E-state index is 14.1. The summed E-state index contributed by atoms with van der Waals surface area (Å²) < 4.78 is 14.1. The Hall–Kier alpha value is 0.592. The van der Waals surface area contributed by atoms with Crippen molar-refractivity contribution in [2.75, 3.05) is 13.1 Å². The largest absolute Gasteiger partial charge is 1.00 e. The van der Waals surface area contributed by atoms with E-state index in [0.717, 1.165) is 13.1 Å². The second kappa shape index (κ2) is 12.9. The molecule has 4 nitrogen and oxygen atoms in total. The number of amides is 1. The van der Waals surface area contributed by atoms with Crippen molar-refractivity contribution in [2.24, 2.45) is 5.41 Å². The van der Waals surface area contributed by atoms with Crippen molar-refractivity contribution in [3.8, 4) is 0 Å². The molecular formula is C20H32CsFN2O2. The number of likely N-dealkylation sites (tertiary alicyclic amines) is 1. The molecule has 1 aliphatic carbocycles. The summed E-state index contributed by atoms with van der Waals surface area (Å²) in [5.41, 5.74) is 2.73. The van der Waals surface area contributed by atoms with Crippen LogP contribution in [0.2, 0.25) is 0 Å². The van der Waals surface area contributed by atoms with Crippen molar-refractivity contribution in [3.05, 3.63) is 42.6 Å². The van der Waals surface area contributed by atoms with E-state index in [1.165, 1.54) is 50.1 Å². The molecule has 142 valence electrons. The summed E-state index contributed by atoms with van der Waals surface area (Å²) in [5, 5.41) is 8.59. The standard InChI is InChI=1S/C17H23FN2O2.C2H6.CH3.Cs/c18-15-10-13(16(21)19-22)4-5-14(15)11-20-9-8-17(12-20)6-2-1-3-7-17;1-2;;/h4-5,10,22H,1-3,6-9,11-12H2,(H,19,21);1-2H3;1H3;/q;;-1;+1. The van der Waals surface area contributed by atoms with Crippen molar-refractivity contribution < 1.29 is 83.3 Å². The molecule has 6 heteroatoms. The summed E-state index contributed by atoms with van der Waals surface area (Å²) in [5.74, 6) is -1.07. The van der Waals surface area contributed by atoms with E-state index in [1.54, 1.807) is 12.1 Å². The molecule has 1 spiro atoms. The van der Waals surface area contributed by atoms with Crippen LogP contribution < -0.4 is 74.4 Å². The maximum absolute atomic E-state index is 14.1. The van der Waals surface area contributed by atoms with Crippen LogP contribution in [0.5, 0.6) is 0 Å². The van der Waals surface area contributed by atoms with E-state index in [0.29, 0.717) is 17.5 Å². The molecule has 1 aliphatic heterocycles. The molecule has 1 saturated carbocycles. The fraction of sp³-hybridized carbons (Fsp3) is 0.600. The molecule has 1 saturated heterocycles. The zero-order valence-corrected chi connectivity index (χ0v) is 23.1. The van der Waals surface area contributed by atoms with Crippen LogP contribution in [0.4, 0.5) is 4.39 Å². The van der Waals surface area contributed by atoms with Gasteiger partial charge in [0.2, 0.25) is 0 Å². The number of hydrogen-bond acceptors (Lipinski definition) is 3. The average Bonchev–Trinajstić information content (AvgIpc) is 3.00. The summed E-state index contributed by atoms with van der Waals surface area (Å²) >= 11 is 0. The van der Waals surface area contributed by atoms with Gasteiger partial charge in [0.1, 0.15) is 5.82 Å². The molecule has 0 atom stereocenters. The van der Waals surface area contributed by atoms with Crippen LogP contribution in [0, 0.1) is 18.7 Å². The molecule has 0 radical (unpaired) electrons. The molecule has 1 aromatic carbocycles. The first-order chi connectivity index (χ1) is 11.6. The summed E-state index contributed by atoms with van der Waals surface area (Å²) in [7, 11) is 0. The predicted molar refractivity (Wildman–Crippen MR) is 98.8 cm³/mol. The topological polar surface area (TPSA) is 52.6 Å². The monoisotopic (exact) mass is 484 g/mol. The van der Waals surface area contributed by atoms with Gasteiger partial charge in [-0.25, -0.2) is 9.87 Å². The third-order valence-corrected chi connectivity index (χ3v) is 5.24. The van der Waals surface area contributed by atoms with Gasteiger partial charge in [0.05, 0.1) is 0 Å². The van der Waals surface area contributed by atoms with Crippen molar-refractivity contribution >= 4 is 5.91 Å². The van der Waals surface area contributed by atoms with Gasteiger partial charge in [-0.1, -0.05) is 39.2 Å². The van der Waals surface area contributed by atoms with E-state index in [-0.39, 0.29) is 87.7 Å². The van der Waals surface area contributed by atoms with E-state index < -0.39 is 5.91 Å². The summed E-state index contributed by atoms with van der Waals surface area (Å²) in [6, 6.07) is 4.38. The molecule has 0 aromatic heterocycles. The first-order valence-electron chi connectivity index (χ1n) is 9.07. The van der Waals surface area contributed by atoms with E-state index >= 15 is 0 Å². The van der Waals surface area contributed by atoms with Crippen LogP contribution in [0.15, 0.2) is 18.2 Å². The maximum Gasteiger partial charge on any atom is 1.00 e. The number of hydroxylamine groups is 1. The Morgan fingerprint density at radius 3 is 2.46 bits per heavy atom. The Balaban J connectivity index is 0.00000151. The Labute approximate surface area is 216 Å². The molecule has 2 N–H and O–H groups in total. The average molecular weight is 484 g/mol. The Morgan fingerprint density at radius 1 is 1.23 bits per heavy atom. The molecular weight excluding hydrogens is 452 g/mol. The van der Waals surface area contributed by atoms with Gasteiger partial charge in [-0.15, -0.1) is 0 Å². The summed E-state index contributed by atoms with van der Waals surface area (Å²) in [6.45, 7) is 6.68. The molecule has 3 rings (SSSR count). The van der Waals surface area contributed by atoms with Gasteiger partial charge < -0.3 is 7.43 Å². The zero-order chi connectivity index (χ0) is 17.6. The van der Waals surface area contributed by atoms with Gasteiger partial charge in [-0.05, 0) is 43.4 Å². The van der Waals surface area contributed by atoms with Gasteiger partial charge in [0, 0.05) is 24.2 Å². The minimum atomic E-state index is -0.687. The fourth-order valence-electron chi connectivity index (χ4n) is 3.99.